The summed E-state index contributed by atoms with van der Waals surface area (Å²) in [5.41, 5.74) is 1.00. The number of amides is 2. The minimum Gasteiger partial charge on any atom is -0.445 e. The Kier molecular flexibility index (Phi) is 8.64. The molecule has 0 saturated carbocycles. The number of benzene rings is 1. The molecule has 1 aromatic rings. The molecular weight excluding hydrogens is 390 g/mol. The fourth-order valence-electron chi connectivity index (χ4n) is 3.70. The second-order valence-corrected chi connectivity index (χ2v) is 8.60. The molecule has 7 nitrogen and oxygen atoms in total. The summed E-state index contributed by atoms with van der Waals surface area (Å²) in [6.45, 7) is 4.77. The monoisotopic (exact) mass is 421 g/mol. The molecule has 0 spiro atoms. The van der Waals surface area contributed by atoms with E-state index in [0.717, 1.165) is 49.8 Å². The zero-order chi connectivity index (χ0) is 20.4. The zero-order valence-corrected chi connectivity index (χ0v) is 17.7. The summed E-state index contributed by atoms with van der Waals surface area (Å²) in [6.07, 6.45) is 1.63. The van der Waals surface area contributed by atoms with Crippen LogP contribution in [0.15, 0.2) is 30.3 Å². The topological polar surface area (TPSA) is 79.9 Å². The van der Waals surface area contributed by atoms with Gasteiger partial charge in [-0.2, -0.15) is 11.8 Å². The molecule has 2 aliphatic rings. The van der Waals surface area contributed by atoms with Crippen LogP contribution in [0.4, 0.5) is 4.79 Å². The molecule has 3 rings (SSSR count). The number of nitrogens with zero attached hydrogens (tertiary/aromatic N) is 1. The zero-order valence-electron chi connectivity index (χ0n) is 16.9. The highest BCUT2D eigenvalue weighted by molar-refractivity contribution is 7.99. The normalized spacial score (nSPS) is 22.2. The Morgan fingerprint density at radius 1 is 1.17 bits per heavy atom. The van der Waals surface area contributed by atoms with Gasteiger partial charge in [0.1, 0.15) is 6.61 Å². The van der Waals surface area contributed by atoms with Crippen molar-refractivity contribution in [3.63, 3.8) is 0 Å². The second-order valence-electron chi connectivity index (χ2n) is 7.50. The van der Waals surface area contributed by atoms with Gasteiger partial charge in [0.25, 0.3) is 0 Å². The Morgan fingerprint density at radius 3 is 2.69 bits per heavy atom. The largest absolute Gasteiger partial charge is 0.445 e. The predicted molar refractivity (Wildman–Crippen MR) is 114 cm³/mol. The van der Waals surface area contributed by atoms with Gasteiger partial charge in [0.2, 0.25) is 5.91 Å². The van der Waals surface area contributed by atoms with Crippen LogP contribution in [0.5, 0.6) is 0 Å². The van der Waals surface area contributed by atoms with Crippen LogP contribution in [0, 0.1) is 0 Å². The van der Waals surface area contributed by atoms with Gasteiger partial charge >= 0.3 is 6.09 Å². The summed E-state index contributed by atoms with van der Waals surface area (Å²) >= 11 is 1.96. The molecular formula is C21H31N3O4S. The minimum absolute atomic E-state index is 0.0361. The summed E-state index contributed by atoms with van der Waals surface area (Å²) in [5.74, 6) is 2.23. The third-order valence-corrected chi connectivity index (χ3v) is 6.68. The van der Waals surface area contributed by atoms with Gasteiger partial charge < -0.3 is 20.1 Å². The molecule has 1 unspecified atom stereocenters. The molecule has 160 valence electrons. The Hall–Kier alpha value is -1.77. The number of ether oxygens (including phenoxy) is 2. The van der Waals surface area contributed by atoms with Crippen molar-refractivity contribution in [2.75, 3.05) is 50.9 Å². The fraction of sp³-hybridized carbons (Fsp3) is 0.619. The average Bonchev–Trinajstić information content (AvgIpc) is 3.25. The smallest absolute Gasteiger partial charge is 0.407 e. The molecule has 1 aromatic carbocycles. The molecule has 2 amide bonds. The molecule has 2 N–H and O–H groups in total. The van der Waals surface area contributed by atoms with Crippen LogP contribution in [0.25, 0.3) is 0 Å². The lowest BCUT2D eigenvalue weighted by atomic mass is 9.95. The Morgan fingerprint density at radius 2 is 1.97 bits per heavy atom. The van der Waals surface area contributed by atoms with Gasteiger partial charge in [-0.25, -0.2) is 4.79 Å². The first-order valence-corrected chi connectivity index (χ1v) is 11.5. The number of thioether (sulfide) groups is 1. The number of carbonyl (C=O) groups excluding carboxylic acids is 2. The fourth-order valence-corrected chi connectivity index (χ4v) is 5.18. The van der Waals surface area contributed by atoms with Crippen molar-refractivity contribution in [3.8, 4) is 0 Å². The second kappa shape index (κ2) is 11.4. The van der Waals surface area contributed by atoms with Gasteiger partial charge in [0, 0.05) is 43.9 Å². The predicted octanol–water partition coefficient (Wildman–Crippen LogP) is 2.02. The maximum Gasteiger partial charge on any atom is 0.407 e. The van der Waals surface area contributed by atoms with Gasteiger partial charge in [-0.05, 0) is 24.2 Å². The van der Waals surface area contributed by atoms with Crippen LogP contribution in [-0.2, 0) is 20.9 Å². The Bertz CT molecular complexity index is 647. The third kappa shape index (κ3) is 6.90. The lowest BCUT2D eigenvalue weighted by molar-refractivity contribution is -0.122. The summed E-state index contributed by atoms with van der Waals surface area (Å²) in [7, 11) is 0. The molecule has 2 heterocycles. The lowest BCUT2D eigenvalue weighted by Gasteiger charge is -2.43. The van der Waals surface area contributed by atoms with Crippen LogP contribution in [0.1, 0.15) is 24.8 Å². The van der Waals surface area contributed by atoms with Gasteiger partial charge in [-0.1, -0.05) is 30.3 Å². The number of morpholine rings is 1. The number of carbonyl (C=O) groups is 2. The highest BCUT2D eigenvalue weighted by Gasteiger charge is 2.40. The summed E-state index contributed by atoms with van der Waals surface area (Å²) < 4.78 is 10.6. The van der Waals surface area contributed by atoms with Gasteiger partial charge in [0.15, 0.2) is 0 Å². The quantitative estimate of drug-likeness (QED) is 0.594. The molecule has 29 heavy (non-hydrogen) atoms. The highest BCUT2D eigenvalue weighted by Crippen LogP contribution is 2.33. The van der Waals surface area contributed by atoms with Crippen molar-refractivity contribution < 1.29 is 19.1 Å². The standard InChI is InChI=1S/C21H31N3O4S/c25-19(7-4-9-22-20(26)28-15-18-5-2-1-3-6-18)23-16-21(8-14-29-17-21)24-10-12-27-13-11-24/h1-3,5-6H,4,7-17H2,(H,22,26)(H,23,25). The molecule has 0 aliphatic carbocycles. The van der Waals surface area contributed by atoms with Crippen LogP contribution in [0.2, 0.25) is 0 Å². The van der Waals surface area contributed by atoms with Crippen molar-refractivity contribution in [2.45, 2.75) is 31.4 Å². The molecule has 2 aliphatic heterocycles. The van der Waals surface area contributed by atoms with E-state index in [2.05, 4.69) is 15.5 Å². The van der Waals surface area contributed by atoms with E-state index in [0.29, 0.717) is 25.9 Å². The van der Waals surface area contributed by atoms with Crippen molar-refractivity contribution >= 4 is 23.8 Å². The third-order valence-electron chi connectivity index (χ3n) is 5.44. The summed E-state index contributed by atoms with van der Waals surface area (Å²) in [6, 6.07) is 9.54. The molecule has 2 fully saturated rings. The molecule has 2 saturated heterocycles. The van der Waals surface area contributed by atoms with Crippen LogP contribution < -0.4 is 10.6 Å². The molecule has 1 atom stereocenters. The first kappa shape index (κ1) is 21.9. The van der Waals surface area contributed by atoms with E-state index in [1.165, 1.54) is 0 Å². The van der Waals surface area contributed by atoms with Crippen molar-refractivity contribution in [1.29, 1.82) is 0 Å². The van der Waals surface area contributed by atoms with Crippen molar-refractivity contribution in [1.82, 2.24) is 15.5 Å². The lowest BCUT2D eigenvalue weighted by Crippen LogP contribution is -2.59. The number of nitrogens with one attached hydrogen (secondary N) is 2. The maximum absolute atomic E-state index is 12.3. The first-order chi connectivity index (χ1) is 14.2. The van der Waals surface area contributed by atoms with E-state index in [-0.39, 0.29) is 18.1 Å². The Balaban J connectivity index is 1.30. The minimum atomic E-state index is -0.455. The van der Waals surface area contributed by atoms with Crippen molar-refractivity contribution in [2.24, 2.45) is 0 Å². The molecule has 0 aromatic heterocycles. The summed E-state index contributed by atoms with van der Waals surface area (Å²) in [4.78, 5) is 26.5. The first-order valence-electron chi connectivity index (χ1n) is 10.3. The van der Waals surface area contributed by atoms with Crippen molar-refractivity contribution in [3.05, 3.63) is 35.9 Å². The number of hydrogen-bond donors (Lipinski definition) is 2. The highest BCUT2D eigenvalue weighted by atomic mass is 32.2. The SMILES string of the molecule is O=C(CCCNC(=O)OCc1ccccc1)NCC1(N2CCOCC2)CCSC1. The molecule has 8 heteroatoms. The number of rotatable bonds is 9. The summed E-state index contributed by atoms with van der Waals surface area (Å²) in [5, 5.41) is 5.82. The van der Waals surface area contributed by atoms with E-state index in [1.807, 2.05) is 42.1 Å². The average molecular weight is 422 g/mol. The molecule has 0 radical (unpaired) electrons. The number of alkyl carbamates (subject to hydrolysis) is 1. The Labute approximate surface area is 176 Å². The van der Waals surface area contributed by atoms with Gasteiger partial charge in [0.05, 0.1) is 13.2 Å². The van der Waals surface area contributed by atoms with E-state index in [4.69, 9.17) is 9.47 Å². The van der Waals surface area contributed by atoms with E-state index < -0.39 is 6.09 Å². The van der Waals surface area contributed by atoms with Gasteiger partial charge in [-0.15, -0.1) is 0 Å². The van der Waals surface area contributed by atoms with Gasteiger partial charge in [-0.3, -0.25) is 9.69 Å². The molecule has 0 bridgehead atoms. The number of hydrogen-bond acceptors (Lipinski definition) is 6. The van der Waals surface area contributed by atoms with E-state index in [9.17, 15) is 9.59 Å². The van der Waals surface area contributed by atoms with E-state index >= 15 is 0 Å². The maximum atomic E-state index is 12.3. The van der Waals surface area contributed by atoms with Crippen LogP contribution in [-0.4, -0.2) is 73.3 Å². The van der Waals surface area contributed by atoms with Crippen LogP contribution in [0.3, 0.4) is 0 Å². The van der Waals surface area contributed by atoms with E-state index in [1.54, 1.807) is 0 Å². The van der Waals surface area contributed by atoms with Crippen LogP contribution >= 0.6 is 11.8 Å².